The molecule has 0 aliphatic rings. The second-order valence-electron chi connectivity index (χ2n) is 4.06. The number of phenols is 1. The standard InChI is InChI=1S/C15H14O4/c1-10-6-8-11(9-7-10)19-13-5-3-4-12(14(13)16)15(17)18-2/h3-9,16H,1-2H3. The monoisotopic (exact) mass is 258 g/mol. The lowest BCUT2D eigenvalue weighted by atomic mass is 10.2. The molecule has 4 heteroatoms. The van der Waals surface area contributed by atoms with Crippen LogP contribution in [0, 0.1) is 6.92 Å². The van der Waals surface area contributed by atoms with Crippen molar-refractivity contribution >= 4 is 5.97 Å². The fourth-order valence-electron chi connectivity index (χ4n) is 1.61. The maximum Gasteiger partial charge on any atom is 0.341 e. The first kappa shape index (κ1) is 13.0. The Hall–Kier alpha value is -2.49. The molecule has 0 aliphatic heterocycles. The highest BCUT2D eigenvalue weighted by molar-refractivity contribution is 5.93. The molecule has 2 aromatic rings. The summed E-state index contributed by atoms with van der Waals surface area (Å²) in [5, 5.41) is 9.98. The number of benzene rings is 2. The van der Waals surface area contributed by atoms with Gasteiger partial charge in [-0.2, -0.15) is 0 Å². The van der Waals surface area contributed by atoms with Crippen LogP contribution >= 0.6 is 0 Å². The van der Waals surface area contributed by atoms with Gasteiger partial charge >= 0.3 is 5.97 Å². The van der Waals surface area contributed by atoms with E-state index in [1.807, 2.05) is 19.1 Å². The Kier molecular flexibility index (Phi) is 3.71. The van der Waals surface area contributed by atoms with Gasteiger partial charge < -0.3 is 14.6 Å². The van der Waals surface area contributed by atoms with E-state index < -0.39 is 5.97 Å². The van der Waals surface area contributed by atoms with Crippen molar-refractivity contribution in [1.29, 1.82) is 0 Å². The maximum absolute atomic E-state index is 11.4. The predicted octanol–water partition coefficient (Wildman–Crippen LogP) is 3.28. The zero-order chi connectivity index (χ0) is 13.8. The fourth-order valence-corrected chi connectivity index (χ4v) is 1.61. The number of phenolic OH excluding ortho intramolecular Hbond substituents is 1. The fraction of sp³-hybridized carbons (Fsp3) is 0.133. The van der Waals surface area contributed by atoms with Gasteiger partial charge in [-0.05, 0) is 31.2 Å². The lowest BCUT2D eigenvalue weighted by Crippen LogP contribution is -2.01. The minimum Gasteiger partial charge on any atom is -0.504 e. The number of rotatable bonds is 3. The van der Waals surface area contributed by atoms with Gasteiger partial charge in [0.2, 0.25) is 0 Å². The lowest BCUT2D eigenvalue weighted by molar-refractivity contribution is 0.0597. The van der Waals surface area contributed by atoms with Crippen molar-refractivity contribution in [3.05, 3.63) is 53.6 Å². The molecule has 2 rings (SSSR count). The van der Waals surface area contributed by atoms with E-state index in [0.29, 0.717) is 5.75 Å². The zero-order valence-electron chi connectivity index (χ0n) is 10.7. The molecule has 0 radical (unpaired) electrons. The highest BCUT2D eigenvalue weighted by Gasteiger charge is 2.15. The minimum absolute atomic E-state index is 0.0760. The van der Waals surface area contributed by atoms with E-state index in [0.717, 1.165) is 5.56 Å². The highest BCUT2D eigenvalue weighted by atomic mass is 16.5. The Labute approximate surface area is 111 Å². The number of aromatic hydroxyl groups is 1. The zero-order valence-corrected chi connectivity index (χ0v) is 10.7. The number of ether oxygens (including phenoxy) is 2. The van der Waals surface area contributed by atoms with Crippen LogP contribution in [0.2, 0.25) is 0 Å². The van der Waals surface area contributed by atoms with Crippen molar-refractivity contribution < 1.29 is 19.4 Å². The minimum atomic E-state index is -0.605. The summed E-state index contributed by atoms with van der Waals surface area (Å²) in [6.07, 6.45) is 0. The second kappa shape index (κ2) is 5.44. The van der Waals surface area contributed by atoms with Crippen molar-refractivity contribution in [2.45, 2.75) is 6.92 Å². The Bertz CT molecular complexity index is 588. The number of hydrogen-bond donors (Lipinski definition) is 1. The molecule has 0 spiro atoms. The SMILES string of the molecule is COC(=O)c1cccc(Oc2ccc(C)cc2)c1O. The first-order chi connectivity index (χ1) is 9.11. The average Bonchev–Trinajstić information content (AvgIpc) is 2.43. The molecular weight excluding hydrogens is 244 g/mol. The van der Waals surface area contributed by atoms with Crippen molar-refractivity contribution in [2.24, 2.45) is 0 Å². The number of aryl methyl sites for hydroxylation is 1. The van der Waals surface area contributed by atoms with Gasteiger partial charge in [-0.1, -0.05) is 23.8 Å². The van der Waals surface area contributed by atoms with Crippen LogP contribution in [0.15, 0.2) is 42.5 Å². The molecule has 0 amide bonds. The number of methoxy groups -OCH3 is 1. The number of para-hydroxylation sites is 1. The van der Waals surface area contributed by atoms with Crippen LogP contribution in [-0.2, 0) is 4.74 Å². The normalized spacial score (nSPS) is 10.0. The Morgan fingerprint density at radius 2 is 1.79 bits per heavy atom. The Morgan fingerprint density at radius 3 is 2.42 bits per heavy atom. The molecule has 0 unspecified atom stereocenters. The summed E-state index contributed by atoms with van der Waals surface area (Å²) in [5.41, 5.74) is 1.19. The van der Waals surface area contributed by atoms with Crippen LogP contribution in [0.1, 0.15) is 15.9 Å². The molecule has 0 fully saturated rings. The van der Waals surface area contributed by atoms with E-state index in [2.05, 4.69) is 4.74 Å². The van der Waals surface area contributed by atoms with Crippen molar-refractivity contribution in [3.63, 3.8) is 0 Å². The third-order valence-electron chi connectivity index (χ3n) is 2.65. The molecule has 0 bridgehead atoms. The molecule has 0 atom stereocenters. The van der Waals surface area contributed by atoms with Crippen LogP contribution in [0.5, 0.6) is 17.2 Å². The van der Waals surface area contributed by atoms with E-state index in [-0.39, 0.29) is 17.1 Å². The van der Waals surface area contributed by atoms with Gasteiger partial charge in [0.1, 0.15) is 11.3 Å². The van der Waals surface area contributed by atoms with Crippen LogP contribution in [0.25, 0.3) is 0 Å². The summed E-state index contributed by atoms with van der Waals surface area (Å²) in [6, 6.07) is 12.1. The topological polar surface area (TPSA) is 55.8 Å². The summed E-state index contributed by atoms with van der Waals surface area (Å²) >= 11 is 0. The second-order valence-corrected chi connectivity index (χ2v) is 4.06. The van der Waals surface area contributed by atoms with Gasteiger partial charge in [-0.3, -0.25) is 0 Å². The maximum atomic E-state index is 11.4. The molecule has 0 saturated carbocycles. The van der Waals surface area contributed by atoms with E-state index in [1.165, 1.54) is 13.2 Å². The smallest absolute Gasteiger partial charge is 0.341 e. The number of carbonyl (C=O) groups excluding carboxylic acids is 1. The summed E-state index contributed by atoms with van der Waals surface area (Å²) in [5.74, 6) is -0.0311. The number of hydrogen-bond acceptors (Lipinski definition) is 4. The molecule has 1 N–H and O–H groups in total. The predicted molar refractivity (Wildman–Crippen MR) is 70.7 cm³/mol. The first-order valence-electron chi connectivity index (χ1n) is 5.76. The molecule has 4 nitrogen and oxygen atoms in total. The van der Waals surface area contributed by atoms with Crippen molar-refractivity contribution in [1.82, 2.24) is 0 Å². The Morgan fingerprint density at radius 1 is 1.11 bits per heavy atom. The molecule has 19 heavy (non-hydrogen) atoms. The largest absolute Gasteiger partial charge is 0.504 e. The van der Waals surface area contributed by atoms with Crippen LogP contribution in [0.3, 0.4) is 0 Å². The molecule has 0 aliphatic carbocycles. The summed E-state index contributed by atoms with van der Waals surface area (Å²) in [4.78, 5) is 11.4. The number of carbonyl (C=O) groups is 1. The molecule has 0 saturated heterocycles. The quantitative estimate of drug-likeness (QED) is 0.858. The lowest BCUT2D eigenvalue weighted by Gasteiger charge is -2.10. The average molecular weight is 258 g/mol. The van der Waals surface area contributed by atoms with E-state index in [4.69, 9.17) is 4.74 Å². The van der Waals surface area contributed by atoms with Crippen LogP contribution in [0.4, 0.5) is 0 Å². The Balaban J connectivity index is 2.30. The summed E-state index contributed by atoms with van der Waals surface area (Å²) < 4.78 is 10.1. The third kappa shape index (κ3) is 2.85. The third-order valence-corrected chi connectivity index (χ3v) is 2.65. The van der Waals surface area contributed by atoms with Gasteiger partial charge in [0.25, 0.3) is 0 Å². The van der Waals surface area contributed by atoms with Crippen LogP contribution in [-0.4, -0.2) is 18.2 Å². The first-order valence-corrected chi connectivity index (χ1v) is 5.76. The molecule has 98 valence electrons. The van der Waals surface area contributed by atoms with Gasteiger partial charge in [-0.15, -0.1) is 0 Å². The van der Waals surface area contributed by atoms with Gasteiger partial charge in [0.05, 0.1) is 7.11 Å². The van der Waals surface area contributed by atoms with E-state index in [1.54, 1.807) is 24.3 Å². The number of esters is 1. The van der Waals surface area contributed by atoms with Gasteiger partial charge in [-0.25, -0.2) is 4.79 Å². The van der Waals surface area contributed by atoms with E-state index in [9.17, 15) is 9.90 Å². The van der Waals surface area contributed by atoms with Crippen molar-refractivity contribution in [3.8, 4) is 17.2 Å². The summed E-state index contributed by atoms with van der Waals surface area (Å²) in [6.45, 7) is 1.97. The van der Waals surface area contributed by atoms with E-state index >= 15 is 0 Å². The molecular formula is C15H14O4. The summed E-state index contributed by atoms with van der Waals surface area (Å²) in [7, 11) is 1.26. The molecule has 0 aromatic heterocycles. The van der Waals surface area contributed by atoms with Crippen LogP contribution < -0.4 is 4.74 Å². The molecule has 2 aromatic carbocycles. The van der Waals surface area contributed by atoms with Gasteiger partial charge in [0, 0.05) is 0 Å². The molecule has 0 heterocycles. The van der Waals surface area contributed by atoms with Gasteiger partial charge in [0.15, 0.2) is 11.5 Å². The highest BCUT2D eigenvalue weighted by Crippen LogP contribution is 2.33. The van der Waals surface area contributed by atoms with Crippen molar-refractivity contribution in [2.75, 3.05) is 7.11 Å².